The van der Waals surface area contributed by atoms with Crippen LogP contribution >= 0.6 is 0 Å². The van der Waals surface area contributed by atoms with Crippen LogP contribution < -0.4 is 5.32 Å². The molecule has 0 bridgehead atoms. The summed E-state index contributed by atoms with van der Waals surface area (Å²) in [5.41, 5.74) is 0. The minimum atomic E-state index is 0.0677. The molecule has 4 heteroatoms. The minimum absolute atomic E-state index is 0.0677. The van der Waals surface area contributed by atoms with Crippen LogP contribution in [-0.4, -0.2) is 28.4 Å². The van der Waals surface area contributed by atoms with Crippen molar-refractivity contribution in [1.82, 2.24) is 14.9 Å². The summed E-state index contributed by atoms with van der Waals surface area (Å²) in [7, 11) is 1.83. The maximum atomic E-state index is 11.6. The predicted molar refractivity (Wildman–Crippen MR) is 53.1 cm³/mol. The summed E-state index contributed by atoms with van der Waals surface area (Å²) < 4.78 is 1.75. The molecule has 0 aromatic carbocycles. The zero-order chi connectivity index (χ0) is 9.97. The molecule has 4 nitrogen and oxygen atoms in total. The third kappa shape index (κ3) is 2.20. The van der Waals surface area contributed by atoms with E-state index in [1.165, 1.54) is 12.8 Å². The second-order valence-corrected chi connectivity index (χ2v) is 3.86. The van der Waals surface area contributed by atoms with Crippen molar-refractivity contribution < 1.29 is 4.79 Å². The van der Waals surface area contributed by atoms with Gasteiger partial charge in [-0.2, -0.15) is 0 Å². The van der Waals surface area contributed by atoms with Crippen molar-refractivity contribution in [2.75, 3.05) is 13.1 Å². The van der Waals surface area contributed by atoms with Gasteiger partial charge in [0.2, 0.25) is 5.78 Å². The number of nitrogens with one attached hydrogen (secondary N) is 1. The fourth-order valence-corrected chi connectivity index (χ4v) is 1.43. The molecule has 1 heterocycles. The lowest BCUT2D eigenvalue weighted by Gasteiger charge is -2.02. The molecule has 2 rings (SSSR count). The first-order valence-corrected chi connectivity index (χ1v) is 4.98. The van der Waals surface area contributed by atoms with Gasteiger partial charge in [-0.05, 0) is 25.3 Å². The lowest BCUT2D eigenvalue weighted by Crippen LogP contribution is -2.26. The molecule has 1 aliphatic carbocycles. The molecule has 1 saturated carbocycles. The number of nitrogens with zero attached hydrogens (tertiary/aromatic N) is 2. The fraction of sp³-hybridized carbons (Fsp3) is 0.600. The maximum absolute atomic E-state index is 11.6. The molecule has 1 N–H and O–H groups in total. The van der Waals surface area contributed by atoms with Gasteiger partial charge in [-0.3, -0.25) is 4.79 Å². The van der Waals surface area contributed by atoms with Gasteiger partial charge in [0.05, 0.1) is 6.54 Å². The molecule has 76 valence electrons. The lowest BCUT2D eigenvalue weighted by molar-refractivity contribution is 0.0978. The molecule has 0 atom stereocenters. The number of aryl methyl sites for hydroxylation is 1. The number of ketones is 1. The molecule has 1 aromatic heterocycles. The van der Waals surface area contributed by atoms with Crippen molar-refractivity contribution in [3.8, 4) is 0 Å². The Kier molecular flexibility index (Phi) is 2.63. The molecule has 0 unspecified atom stereocenters. The molecule has 0 saturated heterocycles. The molecular formula is C10H15N3O. The highest BCUT2D eigenvalue weighted by atomic mass is 16.1. The molecule has 1 aromatic rings. The molecule has 1 aliphatic rings. The van der Waals surface area contributed by atoms with Gasteiger partial charge >= 0.3 is 0 Å². The fourth-order valence-electron chi connectivity index (χ4n) is 1.43. The van der Waals surface area contributed by atoms with Crippen LogP contribution in [0, 0.1) is 5.92 Å². The summed E-state index contributed by atoms with van der Waals surface area (Å²) in [4.78, 5) is 15.6. The summed E-state index contributed by atoms with van der Waals surface area (Å²) in [6, 6.07) is 0. The number of Topliss-reactive ketones (excluding diaryl/α,β-unsaturated/α-hetero) is 1. The Hall–Kier alpha value is -1.16. The Morgan fingerprint density at radius 3 is 3.07 bits per heavy atom. The minimum Gasteiger partial charge on any atom is -0.332 e. The lowest BCUT2D eigenvalue weighted by atomic mass is 10.3. The first-order valence-electron chi connectivity index (χ1n) is 4.98. The van der Waals surface area contributed by atoms with E-state index in [1.807, 2.05) is 7.05 Å². The molecule has 0 aliphatic heterocycles. The molecule has 0 radical (unpaired) electrons. The average molecular weight is 193 g/mol. The molecule has 1 fully saturated rings. The predicted octanol–water partition coefficient (Wildman–Crippen LogP) is 0.602. The first kappa shape index (κ1) is 9.40. The van der Waals surface area contributed by atoms with Gasteiger partial charge in [-0.1, -0.05) is 0 Å². The van der Waals surface area contributed by atoms with Crippen LogP contribution in [0.15, 0.2) is 12.4 Å². The Labute approximate surface area is 83.3 Å². The molecular weight excluding hydrogens is 178 g/mol. The molecule has 0 amide bonds. The normalized spacial score (nSPS) is 15.8. The maximum Gasteiger partial charge on any atom is 0.211 e. The average Bonchev–Trinajstić information content (AvgIpc) is 2.87. The molecule has 14 heavy (non-hydrogen) atoms. The second kappa shape index (κ2) is 3.92. The van der Waals surface area contributed by atoms with E-state index >= 15 is 0 Å². The van der Waals surface area contributed by atoms with Crippen LogP contribution in [0.5, 0.6) is 0 Å². The van der Waals surface area contributed by atoms with Crippen LogP contribution in [0.25, 0.3) is 0 Å². The third-order valence-electron chi connectivity index (χ3n) is 2.49. The highest BCUT2D eigenvalue weighted by Gasteiger charge is 2.21. The van der Waals surface area contributed by atoms with E-state index in [0.29, 0.717) is 12.4 Å². The number of carbonyl (C=O) groups excluding carboxylic acids is 1. The number of hydrogen-bond donors (Lipinski definition) is 1. The van der Waals surface area contributed by atoms with Crippen LogP contribution in [-0.2, 0) is 7.05 Å². The summed E-state index contributed by atoms with van der Waals surface area (Å²) in [5, 5.41) is 3.16. The number of aromatic nitrogens is 2. The van der Waals surface area contributed by atoms with Crippen molar-refractivity contribution in [2.24, 2.45) is 13.0 Å². The monoisotopic (exact) mass is 193 g/mol. The number of hydrogen-bond acceptors (Lipinski definition) is 3. The Morgan fingerprint density at radius 2 is 2.50 bits per heavy atom. The Bertz CT molecular complexity index is 328. The van der Waals surface area contributed by atoms with Gasteiger partial charge in [-0.15, -0.1) is 0 Å². The van der Waals surface area contributed by atoms with E-state index in [2.05, 4.69) is 10.3 Å². The van der Waals surface area contributed by atoms with Crippen molar-refractivity contribution in [1.29, 1.82) is 0 Å². The van der Waals surface area contributed by atoms with E-state index in [-0.39, 0.29) is 5.78 Å². The number of imidazole rings is 1. The summed E-state index contributed by atoms with van der Waals surface area (Å²) in [6.45, 7) is 1.37. The number of rotatable bonds is 5. The summed E-state index contributed by atoms with van der Waals surface area (Å²) >= 11 is 0. The first-order chi connectivity index (χ1) is 6.77. The highest BCUT2D eigenvalue weighted by Crippen LogP contribution is 2.27. The Morgan fingerprint density at radius 1 is 1.71 bits per heavy atom. The van der Waals surface area contributed by atoms with Crippen LogP contribution in [0.2, 0.25) is 0 Å². The smallest absolute Gasteiger partial charge is 0.211 e. The van der Waals surface area contributed by atoms with E-state index in [9.17, 15) is 4.79 Å². The Balaban J connectivity index is 1.79. The van der Waals surface area contributed by atoms with Gasteiger partial charge in [0.15, 0.2) is 5.82 Å². The third-order valence-corrected chi connectivity index (χ3v) is 2.49. The van der Waals surface area contributed by atoms with Crippen LogP contribution in [0.1, 0.15) is 23.5 Å². The summed E-state index contributed by atoms with van der Waals surface area (Å²) in [5.74, 6) is 1.41. The SMILES string of the molecule is Cn1ccnc1C(=O)CNCC1CC1. The van der Waals surface area contributed by atoms with E-state index < -0.39 is 0 Å². The quantitative estimate of drug-likeness (QED) is 0.697. The highest BCUT2D eigenvalue weighted by molar-refractivity contribution is 5.94. The van der Waals surface area contributed by atoms with E-state index in [0.717, 1.165) is 12.5 Å². The zero-order valence-electron chi connectivity index (χ0n) is 8.36. The number of carbonyl (C=O) groups is 1. The standard InChI is InChI=1S/C10H15N3O/c1-13-5-4-12-10(13)9(14)7-11-6-8-2-3-8/h4-5,8,11H,2-3,6-7H2,1H3. The van der Waals surface area contributed by atoms with Crippen molar-refractivity contribution in [3.63, 3.8) is 0 Å². The van der Waals surface area contributed by atoms with Gasteiger partial charge in [-0.25, -0.2) is 4.98 Å². The van der Waals surface area contributed by atoms with Crippen LogP contribution in [0.4, 0.5) is 0 Å². The van der Waals surface area contributed by atoms with Gasteiger partial charge in [0.25, 0.3) is 0 Å². The van der Waals surface area contributed by atoms with E-state index in [4.69, 9.17) is 0 Å². The van der Waals surface area contributed by atoms with Crippen molar-refractivity contribution >= 4 is 5.78 Å². The largest absolute Gasteiger partial charge is 0.332 e. The van der Waals surface area contributed by atoms with Crippen LogP contribution in [0.3, 0.4) is 0 Å². The molecule has 0 spiro atoms. The second-order valence-electron chi connectivity index (χ2n) is 3.86. The van der Waals surface area contributed by atoms with Crippen molar-refractivity contribution in [3.05, 3.63) is 18.2 Å². The van der Waals surface area contributed by atoms with Gasteiger partial charge in [0.1, 0.15) is 0 Å². The van der Waals surface area contributed by atoms with Gasteiger partial charge < -0.3 is 9.88 Å². The summed E-state index contributed by atoms with van der Waals surface area (Å²) in [6.07, 6.45) is 6.05. The zero-order valence-corrected chi connectivity index (χ0v) is 8.36. The van der Waals surface area contributed by atoms with Crippen molar-refractivity contribution in [2.45, 2.75) is 12.8 Å². The topological polar surface area (TPSA) is 46.9 Å². The van der Waals surface area contributed by atoms with Gasteiger partial charge in [0, 0.05) is 19.4 Å². The van der Waals surface area contributed by atoms with E-state index in [1.54, 1.807) is 17.0 Å².